The molecule has 1 heteroatoms. The van der Waals surface area contributed by atoms with E-state index in [0.717, 1.165) is 44.5 Å². The second kappa shape index (κ2) is 32.6. The minimum absolute atomic E-state index is 1.14. The van der Waals surface area contributed by atoms with Crippen LogP contribution in [0.5, 0.6) is 0 Å². The summed E-state index contributed by atoms with van der Waals surface area (Å²) in [4.78, 5) is 0. The molecule has 0 saturated carbocycles. The van der Waals surface area contributed by atoms with E-state index >= 15 is 0 Å². The zero-order valence-corrected chi connectivity index (χ0v) is 64.9. The number of hydrogen-bond donors (Lipinski definition) is 0. The molecular formula is C108H84Sn. The molecule has 109 heavy (non-hydrogen) atoms. The molecule has 0 fully saturated rings. The summed E-state index contributed by atoms with van der Waals surface area (Å²) < 4.78 is 5.37. The SMILES string of the molecule is Cc1ccc(C(=Cc2ccc(-c3ccccc3)cc2)c2cc[c]([Sn]([c]3ccc(C(=Cc4ccc(-c5ccccc5)cc4)c4ccc(C)cc4)cc3)([c]3ccc(C(=Cc4ccc(-c5ccccc5)cc4)c4ccc(C)cc4)cc3)[c]3ccc(C(=Cc4ccc(-c5ccccc5)cc4)c4ccc(C)cc4)cc3)cc2)cc1. The summed E-state index contributed by atoms with van der Waals surface area (Å²) in [7, 11) is 0. The Morgan fingerprint density at radius 1 is 0.156 bits per heavy atom. The first-order valence-electron chi connectivity index (χ1n) is 37.8. The fourth-order valence-electron chi connectivity index (χ4n) is 15.1. The van der Waals surface area contributed by atoms with Gasteiger partial charge in [0.05, 0.1) is 0 Å². The maximum absolute atomic E-state index is 4.69. The van der Waals surface area contributed by atoms with E-state index in [4.69, 9.17) is 0 Å². The topological polar surface area (TPSA) is 0 Å². The standard InChI is InChI=1S/4C27H21.Sn/c4*1-21-12-16-26(17-13-21)27(25-10-6-3-7-11-25)20-22-14-18-24(19-15-22)23-8-4-2-5-9-23;/h4*2,4-20H,1H3;. The van der Waals surface area contributed by atoms with Gasteiger partial charge in [0.25, 0.3) is 0 Å². The Labute approximate surface area is 648 Å². The molecule has 0 spiro atoms. The zero-order chi connectivity index (χ0) is 73.9. The fraction of sp³-hybridized carbons (Fsp3) is 0.0370. The van der Waals surface area contributed by atoms with Gasteiger partial charge in [0, 0.05) is 0 Å². The predicted octanol–water partition coefficient (Wildman–Crippen LogP) is 25.3. The Morgan fingerprint density at radius 2 is 0.303 bits per heavy atom. The molecule has 16 rings (SSSR count). The van der Waals surface area contributed by atoms with Crippen LogP contribution in [0.25, 0.3) is 91.1 Å². The third-order valence-corrected chi connectivity index (χ3v) is 35.0. The van der Waals surface area contributed by atoms with Crippen LogP contribution in [-0.2, 0) is 0 Å². The van der Waals surface area contributed by atoms with Crippen molar-refractivity contribution in [1.82, 2.24) is 0 Å². The van der Waals surface area contributed by atoms with Crippen molar-refractivity contribution in [3.05, 3.63) is 502 Å². The first kappa shape index (κ1) is 70.6. The maximum atomic E-state index is 2.49. The van der Waals surface area contributed by atoms with Crippen molar-refractivity contribution in [2.75, 3.05) is 0 Å². The molecule has 0 aromatic heterocycles. The van der Waals surface area contributed by atoms with Gasteiger partial charge < -0.3 is 0 Å². The van der Waals surface area contributed by atoms with Crippen LogP contribution >= 0.6 is 0 Å². The molecule has 0 bridgehead atoms. The van der Waals surface area contributed by atoms with Gasteiger partial charge in [0.2, 0.25) is 0 Å². The fourth-order valence-corrected chi connectivity index (χ4v) is 28.5. The van der Waals surface area contributed by atoms with E-state index < -0.39 is 18.4 Å². The van der Waals surface area contributed by atoms with E-state index in [1.807, 2.05) is 0 Å². The van der Waals surface area contributed by atoms with Crippen LogP contribution in [0.3, 0.4) is 0 Å². The normalized spacial score (nSPS) is 12.5. The monoisotopic (exact) mass is 1500 g/mol. The van der Waals surface area contributed by atoms with Gasteiger partial charge in [0.1, 0.15) is 0 Å². The van der Waals surface area contributed by atoms with Gasteiger partial charge in [0.15, 0.2) is 0 Å². The Kier molecular flexibility index (Phi) is 21.1. The molecule has 0 saturated heterocycles. The number of rotatable bonds is 20. The minimum atomic E-state index is -4.69. The van der Waals surface area contributed by atoms with Crippen molar-refractivity contribution in [2.45, 2.75) is 27.7 Å². The first-order chi connectivity index (χ1) is 53.6. The van der Waals surface area contributed by atoms with Crippen LogP contribution in [0.2, 0.25) is 0 Å². The predicted molar refractivity (Wildman–Crippen MR) is 470 cm³/mol. The summed E-state index contributed by atoms with van der Waals surface area (Å²) in [5.74, 6) is 0. The summed E-state index contributed by atoms with van der Waals surface area (Å²) in [6.45, 7) is 8.67. The van der Waals surface area contributed by atoms with Crippen molar-refractivity contribution in [3.63, 3.8) is 0 Å². The van der Waals surface area contributed by atoms with Gasteiger partial charge in [-0.25, -0.2) is 0 Å². The second-order valence-electron chi connectivity index (χ2n) is 28.7. The van der Waals surface area contributed by atoms with Crippen molar-refractivity contribution in [1.29, 1.82) is 0 Å². The molecule has 0 aliphatic heterocycles. The summed E-state index contributed by atoms with van der Waals surface area (Å²) in [5.41, 5.74) is 33.0. The molecule has 0 N–H and O–H groups in total. The van der Waals surface area contributed by atoms with Crippen LogP contribution in [0.4, 0.5) is 0 Å². The summed E-state index contributed by atoms with van der Waals surface area (Å²) in [6.07, 6.45) is 9.47. The van der Waals surface area contributed by atoms with E-state index in [-0.39, 0.29) is 0 Å². The van der Waals surface area contributed by atoms with Gasteiger partial charge in [-0.05, 0) is 0 Å². The zero-order valence-electron chi connectivity index (χ0n) is 62.1. The number of hydrogen-bond acceptors (Lipinski definition) is 0. The Morgan fingerprint density at radius 3 is 0.468 bits per heavy atom. The molecule has 0 radical (unpaired) electrons. The van der Waals surface area contributed by atoms with E-state index in [9.17, 15) is 0 Å². The van der Waals surface area contributed by atoms with Crippen molar-refractivity contribution >= 4 is 79.3 Å². The van der Waals surface area contributed by atoms with E-state index in [1.165, 1.54) is 126 Å². The van der Waals surface area contributed by atoms with E-state index in [0.29, 0.717) is 0 Å². The Bertz CT molecular complexity index is 5110. The van der Waals surface area contributed by atoms with E-state index in [1.54, 1.807) is 0 Å². The number of benzene rings is 16. The molecule has 0 atom stereocenters. The quantitative estimate of drug-likeness (QED) is 0.0527. The molecule has 16 aromatic rings. The molecule has 0 unspecified atom stereocenters. The molecule has 0 amide bonds. The summed E-state index contributed by atoms with van der Waals surface area (Å²) >= 11 is -4.69. The molecular weight excluding hydrogens is 1420 g/mol. The third-order valence-electron chi connectivity index (χ3n) is 21.3. The Balaban J connectivity index is 0.897. The second-order valence-corrected chi connectivity index (χ2v) is 39.6. The number of aryl methyl sites for hydroxylation is 4. The van der Waals surface area contributed by atoms with Gasteiger partial charge in [-0.3, -0.25) is 0 Å². The average Bonchev–Trinajstić information content (AvgIpc) is 0.726. The van der Waals surface area contributed by atoms with Crippen LogP contribution in [0.15, 0.2) is 413 Å². The summed E-state index contributed by atoms with van der Waals surface area (Å²) in [6, 6.07) is 154. The van der Waals surface area contributed by atoms with Crippen LogP contribution in [0, 0.1) is 27.7 Å². The van der Waals surface area contributed by atoms with Crippen LogP contribution in [-0.4, -0.2) is 18.4 Å². The van der Waals surface area contributed by atoms with Gasteiger partial charge in [-0.15, -0.1) is 0 Å². The molecule has 0 aliphatic carbocycles. The third kappa shape index (κ3) is 16.0. The van der Waals surface area contributed by atoms with Gasteiger partial charge >= 0.3 is 580 Å². The van der Waals surface area contributed by atoms with Crippen LogP contribution < -0.4 is 14.3 Å². The van der Waals surface area contributed by atoms with Crippen molar-refractivity contribution in [3.8, 4) is 44.5 Å². The Hall–Kier alpha value is -12.7. The summed E-state index contributed by atoms with van der Waals surface area (Å²) in [5, 5.41) is 0. The molecule has 520 valence electrons. The molecule has 0 nitrogen and oxygen atoms in total. The van der Waals surface area contributed by atoms with Gasteiger partial charge in [-0.1, -0.05) is 72.8 Å². The molecule has 0 heterocycles. The van der Waals surface area contributed by atoms with E-state index in [2.05, 4.69) is 465 Å². The van der Waals surface area contributed by atoms with Crippen LogP contribution in [0.1, 0.15) is 89.0 Å². The average molecular weight is 1500 g/mol. The van der Waals surface area contributed by atoms with Crippen molar-refractivity contribution < 1.29 is 0 Å². The first-order valence-corrected chi connectivity index (χ1v) is 43.5. The molecule has 16 aromatic carbocycles. The van der Waals surface area contributed by atoms with Gasteiger partial charge in [-0.2, -0.15) is 0 Å². The van der Waals surface area contributed by atoms with Crippen molar-refractivity contribution in [2.24, 2.45) is 0 Å². The molecule has 0 aliphatic rings.